The van der Waals surface area contributed by atoms with Crippen LogP contribution < -0.4 is 30.4 Å². The van der Waals surface area contributed by atoms with Crippen molar-refractivity contribution in [2.75, 3.05) is 14.2 Å². The molecule has 0 heterocycles. The Morgan fingerprint density at radius 3 is 1.51 bits per heavy atom. The summed E-state index contributed by atoms with van der Waals surface area (Å²) in [5.74, 6) is -1.04. The normalized spacial score (nSPS) is 13.5. The highest BCUT2D eigenvalue weighted by Gasteiger charge is 2.22. The topological polar surface area (TPSA) is 160 Å². The number of aliphatic hydroxyl groups excluding tert-OH is 1. The van der Waals surface area contributed by atoms with Gasteiger partial charge in [0.05, 0.1) is 14.2 Å². The molecule has 0 aliphatic rings. The van der Waals surface area contributed by atoms with Gasteiger partial charge < -0.3 is 35.5 Å². The smallest absolute Gasteiger partial charge is 0.328 e. The van der Waals surface area contributed by atoms with Crippen molar-refractivity contribution in [2.45, 2.75) is 39.8 Å². The molecule has 10 nitrogen and oxygen atoms in total. The fraction of sp³-hybridized carbons (Fsp3) is 0.323. The molecule has 2 aromatic rings. The van der Waals surface area contributed by atoms with Crippen LogP contribution in [0.2, 0.25) is 0 Å². The van der Waals surface area contributed by atoms with Crippen molar-refractivity contribution in [3.05, 3.63) is 71.5 Å². The van der Waals surface area contributed by atoms with Crippen molar-refractivity contribution in [2.24, 2.45) is 23.3 Å². The average molecular weight is 567 g/mol. The summed E-state index contributed by atoms with van der Waals surface area (Å²) in [5, 5.41) is 10.2. The summed E-state index contributed by atoms with van der Waals surface area (Å²) >= 11 is 0. The minimum absolute atomic E-state index is 0.0858. The molecule has 0 aliphatic carbocycles. The highest BCUT2D eigenvalue weighted by Crippen LogP contribution is 2.30. The van der Waals surface area contributed by atoms with E-state index < -0.39 is 29.8 Å². The zero-order chi connectivity index (χ0) is 30.7. The molecule has 0 spiro atoms. The van der Waals surface area contributed by atoms with Gasteiger partial charge in [-0.15, -0.1) is 0 Å². The summed E-state index contributed by atoms with van der Waals surface area (Å²) < 4.78 is 21.3. The number of nitrogens with two attached hydrogens (primary N) is 2. The maximum atomic E-state index is 12.3. The Bertz CT molecular complexity index is 1330. The third-order valence-electron chi connectivity index (χ3n) is 5.95. The zero-order valence-electron chi connectivity index (χ0n) is 24.1. The van der Waals surface area contributed by atoms with E-state index in [0.29, 0.717) is 22.6 Å². The number of methoxy groups -OCH3 is 2. The second-order valence-electron chi connectivity index (χ2n) is 9.84. The maximum Gasteiger partial charge on any atom is 0.328 e. The lowest BCUT2D eigenvalue weighted by Gasteiger charge is -2.16. The molecular weight excluding hydrogens is 528 g/mol. The van der Waals surface area contributed by atoms with E-state index in [1.165, 1.54) is 32.4 Å². The highest BCUT2D eigenvalue weighted by molar-refractivity contribution is 6.02. The molecule has 0 bridgehead atoms. The van der Waals surface area contributed by atoms with Crippen molar-refractivity contribution >= 4 is 29.9 Å². The summed E-state index contributed by atoms with van der Waals surface area (Å²) in [5.41, 5.74) is 12.9. The first-order chi connectivity index (χ1) is 19.4. The predicted molar refractivity (Wildman–Crippen MR) is 157 cm³/mol. The van der Waals surface area contributed by atoms with Crippen molar-refractivity contribution in [3.8, 4) is 23.0 Å². The number of ketones is 1. The first-order valence-electron chi connectivity index (χ1n) is 13.0. The molecule has 0 amide bonds. The van der Waals surface area contributed by atoms with Gasteiger partial charge in [-0.1, -0.05) is 52.0 Å². The van der Waals surface area contributed by atoms with Crippen LogP contribution in [0.4, 0.5) is 0 Å². The first-order valence-corrected chi connectivity index (χ1v) is 13.0. The van der Waals surface area contributed by atoms with E-state index in [2.05, 4.69) is 0 Å². The Labute approximate surface area is 240 Å². The average Bonchev–Trinajstić information content (AvgIpc) is 2.94. The maximum absolute atomic E-state index is 12.3. The number of ether oxygens (including phenoxy) is 4. The second-order valence-corrected chi connectivity index (χ2v) is 9.84. The number of rotatable bonds is 13. The van der Waals surface area contributed by atoms with Crippen molar-refractivity contribution < 1.29 is 38.4 Å². The molecule has 0 fully saturated rings. The van der Waals surface area contributed by atoms with E-state index in [1.54, 1.807) is 42.5 Å². The van der Waals surface area contributed by atoms with E-state index in [0.717, 1.165) is 6.08 Å². The molecule has 0 saturated heterocycles. The minimum Gasteiger partial charge on any atom is -0.508 e. The van der Waals surface area contributed by atoms with Gasteiger partial charge in [0.2, 0.25) is 0 Å². The molecule has 2 rings (SSSR count). The van der Waals surface area contributed by atoms with Crippen LogP contribution in [0.25, 0.3) is 12.2 Å². The summed E-state index contributed by atoms with van der Waals surface area (Å²) in [4.78, 5) is 36.7. The lowest BCUT2D eigenvalue weighted by Crippen LogP contribution is -2.38. The molecule has 41 heavy (non-hydrogen) atoms. The van der Waals surface area contributed by atoms with Gasteiger partial charge in [0, 0.05) is 6.08 Å². The molecule has 0 unspecified atom stereocenters. The third kappa shape index (κ3) is 9.93. The van der Waals surface area contributed by atoms with Gasteiger partial charge in [0.1, 0.15) is 17.8 Å². The molecule has 5 N–H and O–H groups in total. The first kappa shape index (κ1) is 32.8. The second kappa shape index (κ2) is 15.4. The van der Waals surface area contributed by atoms with Gasteiger partial charge in [-0.25, -0.2) is 9.59 Å². The van der Waals surface area contributed by atoms with Gasteiger partial charge in [-0.3, -0.25) is 4.79 Å². The molecular formula is C31H38N2O8. The Hall–Kier alpha value is -4.41. The molecule has 0 radical (unpaired) electrons. The molecule has 0 saturated carbocycles. The Morgan fingerprint density at radius 1 is 0.707 bits per heavy atom. The lowest BCUT2D eigenvalue weighted by molar-refractivity contribution is -0.137. The van der Waals surface area contributed by atoms with Crippen LogP contribution in [0.15, 0.2) is 60.4 Å². The van der Waals surface area contributed by atoms with Crippen LogP contribution in [0.1, 0.15) is 38.8 Å². The number of carbonyl (C=O) groups excluding carboxylic acids is 3. The quantitative estimate of drug-likeness (QED) is 0.105. The summed E-state index contributed by atoms with van der Waals surface area (Å²) in [6.45, 7) is 7.27. The van der Waals surface area contributed by atoms with E-state index in [4.69, 9.17) is 30.4 Å². The number of benzene rings is 2. The monoisotopic (exact) mass is 566 g/mol. The van der Waals surface area contributed by atoms with Gasteiger partial charge in [0.15, 0.2) is 28.8 Å². The standard InChI is InChI=1S/C31H38N2O8/c1-18(2)28(32)30(36)40-24-13-9-20(15-26(24)38-5)7-11-22(34)17-23(35)12-8-21-10-14-25(27(16-21)39-6)41-31(37)29(33)19(3)4/h7-19,28-29,34H,32-33H2,1-6H3/b11-7+,12-8+,22-17?/t28-,29-/m0/s1. The van der Waals surface area contributed by atoms with Crippen LogP contribution in [-0.2, 0) is 14.4 Å². The van der Waals surface area contributed by atoms with Gasteiger partial charge >= 0.3 is 11.9 Å². The Morgan fingerprint density at radius 2 is 1.12 bits per heavy atom. The molecule has 10 heteroatoms. The highest BCUT2D eigenvalue weighted by atomic mass is 16.6. The largest absolute Gasteiger partial charge is 0.508 e. The summed E-state index contributed by atoms with van der Waals surface area (Å²) in [6.07, 6.45) is 6.75. The Kier molecular flexibility index (Phi) is 12.3. The van der Waals surface area contributed by atoms with Crippen molar-refractivity contribution in [1.29, 1.82) is 0 Å². The molecule has 2 atom stereocenters. The van der Waals surface area contributed by atoms with E-state index in [-0.39, 0.29) is 29.1 Å². The van der Waals surface area contributed by atoms with Gasteiger partial charge in [-0.2, -0.15) is 0 Å². The fourth-order valence-electron chi connectivity index (χ4n) is 3.24. The van der Waals surface area contributed by atoms with Gasteiger partial charge in [0.25, 0.3) is 0 Å². The number of esters is 2. The SMILES string of the molecule is COc1cc(/C=C/C(=O)C=C(O)/C=C/c2ccc(OC(=O)[C@@H](N)C(C)C)c(OC)c2)ccc1OC(=O)[C@@H](N)C(C)C. The van der Waals surface area contributed by atoms with Gasteiger partial charge in [-0.05, 0) is 59.4 Å². The molecule has 220 valence electrons. The molecule has 0 aromatic heterocycles. The fourth-order valence-corrected chi connectivity index (χ4v) is 3.24. The van der Waals surface area contributed by atoms with E-state index in [9.17, 15) is 19.5 Å². The third-order valence-corrected chi connectivity index (χ3v) is 5.95. The Balaban J connectivity index is 2.07. The van der Waals surface area contributed by atoms with Crippen LogP contribution in [-0.4, -0.2) is 49.1 Å². The van der Waals surface area contributed by atoms with Crippen LogP contribution in [0.3, 0.4) is 0 Å². The lowest BCUT2D eigenvalue weighted by atomic mass is 10.1. The van der Waals surface area contributed by atoms with Crippen LogP contribution >= 0.6 is 0 Å². The van der Waals surface area contributed by atoms with Crippen LogP contribution in [0.5, 0.6) is 23.0 Å². The number of hydrogen-bond acceptors (Lipinski definition) is 10. The number of hydrogen-bond donors (Lipinski definition) is 3. The molecule has 2 aromatic carbocycles. The predicted octanol–water partition coefficient (Wildman–Crippen LogP) is 4.22. The number of carbonyl (C=O) groups is 3. The minimum atomic E-state index is -0.773. The van der Waals surface area contributed by atoms with E-state index in [1.807, 2.05) is 27.7 Å². The number of aliphatic hydroxyl groups is 1. The summed E-state index contributed by atoms with van der Waals surface area (Å²) in [6, 6.07) is 8.06. The summed E-state index contributed by atoms with van der Waals surface area (Å²) in [7, 11) is 2.86. The zero-order valence-corrected chi connectivity index (χ0v) is 24.1. The van der Waals surface area contributed by atoms with Crippen LogP contribution in [0, 0.1) is 11.8 Å². The van der Waals surface area contributed by atoms with E-state index >= 15 is 0 Å². The number of allylic oxidation sites excluding steroid dienone is 3. The molecule has 0 aliphatic heterocycles. The van der Waals surface area contributed by atoms with Crippen molar-refractivity contribution in [1.82, 2.24) is 0 Å². The van der Waals surface area contributed by atoms with Crippen molar-refractivity contribution in [3.63, 3.8) is 0 Å².